The number of piperidine rings is 1. The molecule has 1 saturated heterocycles. The van der Waals surface area contributed by atoms with Crippen LogP contribution in [-0.2, 0) is 22.3 Å². The zero-order valence-corrected chi connectivity index (χ0v) is 13.9. The summed E-state index contributed by atoms with van der Waals surface area (Å²) in [5.74, 6) is -0.0803. The van der Waals surface area contributed by atoms with E-state index in [2.05, 4.69) is 5.32 Å². The van der Waals surface area contributed by atoms with Gasteiger partial charge in [0.05, 0.1) is 17.6 Å². The van der Waals surface area contributed by atoms with Crippen molar-refractivity contribution >= 4 is 5.91 Å². The maximum Gasteiger partial charge on any atom is 0.416 e. The number of carbonyl (C=O) groups excluding carboxylic acids is 1. The van der Waals surface area contributed by atoms with Crippen molar-refractivity contribution in [3.63, 3.8) is 0 Å². The zero-order valence-electron chi connectivity index (χ0n) is 13.9. The average molecular weight is 344 g/mol. The lowest BCUT2D eigenvalue weighted by Gasteiger charge is -2.38. The van der Waals surface area contributed by atoms with Gasteiger partial charge in [-0.3, -0.25) is 4.79 Å². The first-order chi connectivity index (χ1) is 11.3. The van der Waals surface area contributed by atoms with Crippen LogP contribution in [0.5, 0.6) is 0 Å². The van der Waals surface area contributed by atoms with Crippen LogP contribution >= 0.6 is 0 Å². The fourth-order valence-corrected chi connectivity index (χ4v) is 3.20. The zero-order chi connectivity index (χ0) is 17.8. The number of hydrogen-bond donors (Lipinski definition) is 1. The highest BCUT2D eigenvalue weighted by atomic mass is 19.4. The fraction of sp³-hybridized carbons (Fsp3) is 0.588. The first kappa shape index (κ1) is 18.7. The van der Waals surface area contributed by atoms with E-state index in [0.717, 1.165) is 25.2 Å². The Morgan fingerprint density at radius 3 is 2.58 bits per heavy atom. The van der Waals surface area contributed by atoms with Gasteiger partial charge in [-0.2, -0.15) is 13.2 Å². The summed E-state index contributed by atoms with van der Waals surface area (Å²) in [6.07, 6.45) is -3.07. The smallest absolute Gasteiger partial charge is 0.384 e. The molecular formula is C17H23F3N2O2. The topological polar surface area (TPSA) is 41.6 Å². The van der Waals surface area contributed by atoms with Crippen molar-refractivity contribution < 1.29 is 22.7 Å². The van der Waals surface area contributed by atoms with E-state index in [-0.39, 0.29) is 12.5 Å². The molecule has 1 aliphatic heterocycles. The van der Waals surface area contributed by atoms with Gasteiger partial charge >= 0.3 is 6.18 Å². The lowest BCUT2D eigenvalue weighted by Crippen LogP contribution is -2.50. The SMILES string of the molecule is COCC1(C(=O)N(C)Cc2cccc(C(F)(F)F)c2)CCNCC1. The Morgan fingerprint density at radius 1 is 1.33 bits per heavy atom. The molecule has 0 spiro atoms. The second-order valence-electron chi connectivity index (χ2n) is 6.32. The van der Waals surface area contributed by atoms with Gasteiger partial charge in [-0.25, -0.2) is 0 Å². The number of alkyl halides is 3. The van der Waals surface area contributed by atoms with Crippen LogP contribution in [0.2, 0.25) is 0 Å². The second-order valence-corrected chi connectivity index (χ2v) is 6.32. The minimum Gasteiger partial charge on any atom is -0.384 e. The molecule has 1 aliphatic rings. The Labute approximate surface area is 140 Å². The van der Waals surface area contributed by atoms with Crippen LogP contribution in [0.1, 0.15) is 24.0 Å². The molecule has 2 rings (SSSR count). The number of benzene rings is 1. The molecule has 1 heterocycles. The Balaban J connectivity index is 2.13. The van der Waals surface area contributed by atoms with E-state index < -0.39 is 17.2 Å². The van der Waals surface area contributed by atoms with Gasteiger partial charge in [0.1, 0.15) is 0 Å². The van der Waals surface area contributed by atoms with E-state index in [9.17, 15) is 18.0 Å². The summed E-state index contributed by atoms with van der Waals surface area (Å²) in [5.41, 5.74) is -0.840. The lowest BCUT2D eigenvalue weighted by molar-refractivity contribution is -0.146. The highest BCUT2D eigenvalue weighted by Crippen LogP contribution is 2.33. The van der Waals surface area contributed by atoms with Crippen molar-refractivity contribution in [2.75, 3.05) is 33.9 Å². The largest absolute Gasteiger partial charge is 0.416 e. The number of methoxy groups -OCH3 is 1. The van der Waals surface area contributed by atoms with E-state index in [1.807, 2.05) is 0 Å². The predicted octanol–water partition coefficient (Wildman–Crippen LogP) is 2.68. The summed E-state index contributed by atoms with van der Waals surface area (Å²) in [6, 6.07) is 5.09. The fourth-order valence-electron chi connectivity index (χ4n) is 3.20. The third kappa shape index (κ3) is 4.27. The molecule has 1 N–H and O–H groups in total. The minimum absolute atomic E-state index is 0.0803. The highest BCUT2D eigenvalue weighted by molar-refractivity contribution is 5.83. The van der Waals surface area contributed by atoms with Crippen molar-refractivity contribution in [1.29, 1.82) is 0 Å². The van der Waals surface area contributed by atoms with Gasteiger partial charge in [0.15, 0.2) is 0 Å². The highest BCUT2D eigenvalue weighted by Gasteiger charge is 2.41. The standard InChI is InChI=1S/C17H23F3N2O2/c1-22(11-13-4-3-5-14(10-13)17(18,19)20)15(23)16(12-24-2)6-8-21-9-7-16/h3-5,10,21H,6-9,11-12H2,1-2H3. The molecule has 7 heteroatoms. The summed E-state index contributed by atoms with van der Waals surface area (Å²) in [4.78, 5) is 14.4. The van der Waals surface area contributed by atoms with E-state index in [0.29, 0.717) is 25.0 Å². The normalized spacial score (nSPS) is 17.5. The van der Waals surface area contributed by atoms with Gasteiger partial charge < -0.3 is 15.0 Å². The predicted molar refractivity (Wildman–Crippen MR) is 84.3 cm³/mol. The first-order valence-corrected chi connectivity index (χ1v) is 7.90. The molecule has 0 unspecified atom stereocenters. The molecule has 134 valence electrons. The Morgan fingerprint density at radius 2 is 2.00 bits per heavy atom. The van der Waals surface area contributed by atoms with Crippen LogP contribution < -0.4 is 5.32 Å². The first-order valence-electron chi connectivity index (χ1n) is 7.90. The van der Waals surface area contributed by atoms with Gasteiger partial charge in [-0.1, -0.05) is 12.1 Å². The molecule has 1 aromatic carbocycles. The van der Waals surface area contributed by atoms with Gasteiger partial charge in [0.2, 0.25) is 5.91 Å². The number of nitrogens with one attached hydrogen (secondary N) is 1. The van der Waals surface area contributed by atoms with Crippen LogP contribution in [0, 0.1) is 5.41 Å². The molecule has 0 saturated carbocycles. The molecule has 4 nitrogen and oxygen atoms in total. The molecule has 0 aliphatic carbocycles. The number of halogens is 3. The number of nitrogens with zero attached hydrogens (tertiary/aromatic N) is 1. The van der Waals surface area contributed by atoms with Gasteiger partial charge in [-0.05, 0) is 43.6 Å². The molecule has 0 aromatic heterocycles. The van der Waals surface area contributed by atoms with Gasteiger partial charge in [0.25, 0.3) is 0 Å². The average Bonchev–Trinajstić information content (AvgIpc) is 2.54. The second kappa shape index (κ2) is 7.53. The molecular weight excluding hydrogens is 321 g/mol. The molecule has 0 radical (unpaired) electrons. The molecule has 1 fully saturated rings. The molecule has 1 amide bonds. The quantitative estimate of drug-likeness (QED) is 0.893. The maximum atomic E-state index is 12.9. The molecule has 0 bridgehead atoms. The van der Waals surface area contributed by atoms with Crippen LogP contribution in [0.15, 0.2) is 24.3 Å². The monoisotopic (exact) mass is 344 g/mol. The van der Waals surface area contributed by atoms with Gasteiger partial charge in [0, 0.05) is 20.7 Å². The van der Waals surface area contributed by atoms with Crippen molar-refractivity contribution in [2.24, 2.45) is 5.41 Å². The summed E-state index contributed by atoms with van der Waals surface area (Å²) in [6.45, 7) is 1.92. The number of rotatable bonds is 5. The number of hydrogen-bond acceptors (Lipinski definition) is 3. The van der Waals surface area contributed by atoms with Gasteiger partial charge in [-0.15, -0.1) is 0 Å². The number of ether oxygens (including phenoxy) is 1. The van der Waals surface area contributed by atoms with Crippen LogP contribution in [-0.4, -0.2) is 44.7 Å². The third-order valence-corrected chi connectivity index (χ3v) is 4.46. The lowest BCUT2D eigenvalue weighted by atomic mass is 9.78. The minimum atomic E-state index is -4.38. The molecule has 24 heavy (non-hydrogen) atoms. The van der Waals surface area contributed by atoms with E-state index in [1.54, 1.807) is 20.2 Å². The van der Waals surface area contributed by atoms with Crippen molar-refractivity contribution in [1.82, 2.24) is 10.2 Å². The van der Waals surface area contributed by atoms with Crippen molar-refractivity contribution in [2.45, 2.75) is 25.6 Å². The summed E-state index contributed by atoms with van der Waals surface area (Å²) >= 11 is 0. The van der Waals surface area contributed by atoms with Crippen LogP contribution in [0.25, 0.3) is 0 Å². The van der Waals surface area contributed by atoms with Crippen molar-refractivity contribution in [3.8, 4) is 0 Å². The van der Waals surface area contributed by atoms with E-state index >= 15 is 0 Å². The van der Waals surface area contributed by atoms with E-state index in [4.69, 9.17) is 4.74 Å². The Kier molecular flexibility index (Phi) is 5.87. The summed E-state index contributed by atoms with van der Waals surface area (Å²) in [7, 11) is 3.19. The Hall–Kier alpha value is -1.60. The molecule has 0 atom stereocenters. The number of amides is 1. The molecule has 1 aromatic rings. The van der Waals surface area contributed by atoms with Crippen molar-refractivity contribution in [3.05, 3.63) is 35.4 Å². The van der Waals surface area contributed by atoms with Crippen LogP contribution in [0.4, 0.5) is 13.2 Å². The third-order valence-electron chi connectivity index (χ3n) is 4.46. The Bertz CT molecular complexity index is 564. The number of carbonyl (C=O) groups is 1. The summed E-state index contributed by atoms with van der Waals surface area (Å²) < 4.78 is 43.7. The van der Waals surface area contributed by atoms with E-state index in [1.165, 1.54) is 11.0 Å². The maximum absolute atomic E-state index is 12.9. The summed E-state index contributed by atoms with van der Waals surface area (Å²) in [5, 5.41) is 3.21. The van der Waals surface area contributed by atoms with Crippen LogP contribution in [0.3, 0.4) is 0 Å².